The van der Waals surface area contributed by atoms with Crippen molar-refractivity contribution in [1.29, 1.82) is 0 Å². The minimum Gasteiger partial charge on any atom is -0.0544 e. The van der Waals surface area contributed by atoms with Crippen molar-refractivity contribution in [1.82, 2.24) is 15.0 Å². The van der Waals surface area contributed by atoms with Crippen LogP contribution in [0.4, 0.5) is 0 Å². The van der Waals surface area contributed by atoms with Gasteiger partial charge in [-0.3, -0.25) is 0 Å². The zero-order chi connectivity index (χ0) is 32.8. The van der Waals surface area contributed by atoms with Crippen LogP contribution in [-0.2, 0) is 0 Å². The summed E-state index contributed by atoms with van der Waals surface area (Å²) in [6.45, 7) is 0. The van der Waals surface area contributed by atoms with Crippen LogP contribution in [0.1, 0.15) is 0 Å². The Morgan fingerprint density at radius 2 is 1.06 bits per heavy atom. The SMILES string of the molecule is c1ccc2cc(-c3nc(-c4ccc5ccc6ccc7c8ccccc8[se]c7c6c5c4)nc(-c4cccc5oc6ccccc6c45)n3)ccc2c1. The second kappa shape index (κ2) is 10.7. The summed E-state index contributed by atoms with van der Waals surface area (Å²) < 4.78 is 9.16. The number of rotatable bonds is 3. The average Bonchev–Trinajstić information content (AvgIpc) is 3.76. The first-order valence-electron chi connectivity index (χ1n) is 16.7. The minimum absolute atomic E-state index is 0.228. The van der Waals surface area contributed by atoms with E-state index in [0.717, 1.165) is 44.0 Å². The first-order valence-corrected chi connectivity index (χ1v) is 18.4. The normalized spacial score (nSPS) is 12.0. The molecule has 232 valence electrons. The van der Waals surface area contributed by atoms with Gasteiger partial charge in [-0.05, 0) is 6.07 Å². The fraction of sp³-hybridized carbons (Fsp3) is 0. The molecule has 0 aliphatic rings. The van der Waals surface area contributed by atoms with Crippen LogP contribution >= 0.6 is 0 Å². The van der Waals surface area contributed by atoms with E-state index in [4.69, 9.17) is 19.4 Å². The molecule has 8 aromatic carbocycles. The molecule has 0 N–H and O–H groups in total. The molecule has 0 amide bonds. The van der Waals surface area contributed by atoms with Crippen LogP contribution in [0.15, 0.2) is 156 Å². The third-order valence-electron chi connectivity index (χ3n) is 9.89. The fourth-order valence-corrected chi connectivity index (χ4v) is 10.2. The maximum atomic E-state index is 6.27. The quantitative estimate of drug-likeness (QED) is 0.136. The number of aromatic nitrogens is 3. The van der Waals surface area contributed by atoms with E-state index in [9.17, 15) is 0 Å². The monoisotopic (exact) mass is 703 g/mol. The molecule has 0 spiro atoms. The van der Waals surface area contributed by atoms with Crippen molar-refractivity contribution in [3.63, 3.8) is 0 Å². The molecule has 0 aliphatic carbocycles. The number of hydrogen-bond acceptors (Lipinski definition) is 4. The van der Waals surface area contributed by atoms with Crippen molar-refractivity contribution in [2.75, 3.05) is 0 Å². The van der Waals surface area contributed by atoms with E-state index in [2.05, 4.69) is 121 Å². The summed E-state index contributed by atoms with van der Waals surface area (Å²) in [4.78, 5) is 15.6. The molecule has 11 aromatic rings. The standard InChI is InChI=1S/C45H25N3OSe/c1-2-9-29-24-30(20-16-26(29)8-1)43-46-44(48-45(47-43)35-12-7-14-38-41(35)34-11-3-5-13-37(34)49-38)31-21-18-27-17-19-28-22-23-33-32-10-4-6-15-39(32)50-42(33)40(28)36(27)25-31/h1-25H. The van der Waals surface area contributed by atoms with Crippen LogP contribution in [0, 0.1) is 0 Å². The van der Waals surface area contributed by atoms with Gasteiger partial charge in [0.15, 0.2) is 0 Å². The third kappa shape index (κ3) is 4.21. The molecule has 0 bridgehead atoms. The molecular weight excluding hydrogens is 677 g/mol. The van der Waals surface area contributed by atoms with E-state index in [1.165, 1.54) is 46.2 Å². The summed E-state index contributed by atoms with van der Waals surface area (Å²) >= 11 is 0.228. The molecule has 0 aliphatic heterocycles. The van der Waals surface area contributed by atoms with Gasteiger partial charge in [0.05, 0.1) is 0 Å². The van der Waals surface area contributed by atoms with Gasteiger partial charge in [0.2, 0.25) is 0 Å². The van der Waals surface area contributed by atoms with Crippen molar-refractivity contribution in [2.24, 2.45) is 0 Å². The molecule has 0 saturated heterocycles. The van der Waals surface area contributed by atoms with Crippen molar-refractivity contribution >= 4 is 88.1 Å². The van der Waals surface area contributed by atoms with E-state index >= 15 is 0 Å². The van der Waals surface area contributed by atoms with Gasteiger partial charge in [0.25, 0.3) is 0 Å². The second-order valence-electron chi connectivity index (χ2n) is 12.8. The number of benzene rings is 8. The first-order chi connectivity index (χ1) is 24.7. The second-order valence-corrected chi connectivity index (χ2v) is 15.0. The van der Waals surface area contributed by atoms with Gasteiger partial charge >= 0.3 is 257 Å². The zero-order valence-electron chi connectivity index (χ0n) is 26.6. The Bertz CT molecular complexity index is 3170. The molecular formula is C45H25N3OSe. The summed E-state index contributed by atoms with van der Waals surface area (Å²) in [5.74, 6) is 1.90. The molecule has 5 heteroatoms. The molecule has 3 aromatic heterocycles. The van der Waals surface area contributed by atoms with Gasteiger partial charge < -0.3 is 0 Å². The minimum atomic E-state index is 0.228. The Morgan fingerprint density at radius 1 is 0.400 bits per heavy atom. The van der Waals surface area contributed by atoms with Crippen LogP contribution < -0.4 is 0 Å². The van der Waals surface area contributed by atoms with Crippen LogP contribution in [0.2, 0.25) is 0 Å². The van der Waals surface area contributed by atoms with E-state index in [1.807, 2.05) is 30.3 Å². The molecule has 0 saturated carbocycles. The summed E-state index contributed by atoms with van der Waals surface area (Å²) in [6.07, 6.45) is 0. The molecule has 11 rings (SSSR count). The van der Waals surface area contributed by atoms with Gasteiger partial charge in [-0.1, -0.05) is 30.3 Å². The molecule has 3 heterocycles. The van der Waals surface area contributed by atoms with Crippen LogP contribution in [0.3, 0.4) is 0 Å². The molecule has 50 heavy (non-hydrogen) atoms. The van der Waals surface area contributed by atoms with Gasteiger partial charge in [-0.2, -0.15) is 0 Å². The topological polar surface area (TPSA) is 51.8 Å². The smallest absolute Gasteiger partial charge is 0.0544 e. The predicted molar refractivity (Wildman–Crippen MR) is 208 cm³/mol. The Morgan fingerprint density at radius 3 is 1.96 bits per heavy atom. The third-order valence-corrected chi connectivity index (χ3v) is 12.4. The van der Waals surface area contributed by atoms with Gasteiger partial charge in [-0.15, -0.1) is 0 Å². The number of fused-ring (bicyclic) bond motifs is 11. The number of para-hydroxylation sites is 1. The Kier molecular flexibility index (Phi) is 5.94. The first kappa shape index (κ1) is 27.8. The van der Waals surface area contributed by atoms with E-state index in [1.54, 1.807) is 0 Å². The molecule has 0 radical (unpaired) electrons. The number of hydrogen-bond donors (Lipinski definition) is 0. The fourth-order valence-electron chi connectivity index (χ4n) is 7.50. The van der Waals surface area contributed by atoms with Crippen molar-refractivity contribution < 1.29 is 4.42 Å². The van der Waals surface area contributed by atoms with E-state index in [-0.39, 0.29) is 14.5 Å². The van der Waals surface area contributed by atoms with Crippen molar-refractivity contribution in [3.8, 4) is 34.2 Å². The zero-order valence-corrected chi connectivity index (χ0v) is 28.3. The molecule has 0 fully saturated rings. The van der Waals surface area contributed by atoms with Gasteiger partial charge in [0.1, 0.15) is 0 Å². The Labute approximate surface area is 292 Å². The van der Waals surface area contributed by atoms with Crippen molar-refractivity contribution in [3.05, 3.63) is 152 Å². The van der Waals surface area contributed by atoms with Gasteiger partial charge in [0, 0.05) is 0 Å². The van der Waals surface area contributed by atoms with Crippen molar-refractivity contribution in [2.45, 2.75) is 0 Å². The Balaban J connectivity index is 1.19. The maximum absolute atomic E-state index is 6.27. The predicted octanol–water partition coefficient (Wildman–Crippen LogP) is 11.6. The molecule has 4 nitrogen and oxygen atoms in total. The summed E-state index contributed by atoms with van der Waals surface area (Å²) in [5.41, 5.74) is 4.48. The van der Waals surface area contributed by atoms with E-state index in [0.29, 0.717) is 17.5 Å². The van der Waals surface area contributed by atoms with Gasteiger partial charge in [-0.25, -0.2) is 0 Å². The number of nitrogens with zero attached hydrogens (tertiary/aromatic N) is 3. The summed E-state index contributed by atoms with van der Waals surface area (Å²) in [7, 11) is 0. The molecule has 0 atom stereocenters. The van der Waals surface area contributed by atoms with Crippen LogP contribution in [0.5, 0.6) is 0 Å². The summed E-state index contributed by atoms with van der Waals surface area (Å²) in [6, 6.07) is 53.6. The number of furan rings is 1. The summed E-state index contributed by atoms with van der Waals surface area (Å²) in [5, 5.41) is 12.1. The Hall–Kier alpha value is -6.13. The average molecular weight is 703 g/mol. The van der Waals surface area contributed by atoms with E-state index < -0.39 is 0 Å². The van der Waals surface area contributed by atoms with Crippen LogP contribution in [0.25, 0.3) is 108 Å². The molecule has 0 unspecified atom stereocenters. The van der Waals surface area contributed by atoms with Crippen LogP contribution in [-0.4, -0.2) is 29.5 Å².